The number of carbonyl (C=O) groups excluding carboxylic acids is 2. The molecule has 1 atom stereocenters. The first kappa shape index (κ1) is 22.1. The number of rotatable bonds is 6. The smallest absolute Gasteiger partial charge is 0.408 e. The van der Waals surface area contributed by atoms with Gasteiger partial charge in [-0.05, 0) is 77.0 Å². The second kappa shape index (κ2) is 9.80. The van der Waals surface area contributed by atoms with Crippen molar-refractivity contribution in [1.29, 1.82) is 0 Å². The Morgan fingerprint density at radius 2 is 1.79 bits per heavy atom. The molecule has 0 saturated carbocycles. The molecule has 1 aliphatic heterocycles. The van der Waals surface area contributed by atoms with Crippen LogP contribution >= 0.6 is 0 Å². The van der Waals surface area contributed by atoms with Gasteiger partial charge in [0.25, 0.3) is 0 Å². The minimum Gasteiger partial charge on any atom is -0.497 e. The SMILES string of the molecule is COc1ccc(CCC2CCN(C(=O)C(C)NC(=O)OC(C)(C)C)CC2)cc1. The molecule has 1 unspecified atom stereocenters. The van der Waals surface area contributed by atoms with E-state index in [9.17, 15) is 9.59 Å². The maximum Gasteiger partial charge on any atom is 0.408 e. The van der Waals surface area contributed by atoms with Gasteiger partial charge in [-0.25, -0.2) is 4.79 Å². The summed E-state index contributed by atoms with van der Waals surface area (Å²) in [6, 6.07) is 7.64. The predicted molar refractivity (Wildman–Crippen MR) is 109 cm³/mol. The van der Waals surface area contributed by atoms with E-state index in [-0.39, 0.29) is 5.91 Å². The normalized spacial score (nSPS) is 16.4. The van der Waals surface area contributed by atoms with E-state index < -0.39 is 17.7 Å². The third kappa shape index (κ3) is 7.06. The lowest BCUT2D eigenvalue weighted by atomic mass is 9.90. The zero-order valence-corrected chi connectivity index (χ0v) is 17.8. The number of hydrogen-bond acceptors (Lipinski definition) is 4. The molecule has 6 nitrogen and oxygen atoms in total. The van der Waals surface area contributed by atoms with E-state index in [1.54, 1.807) is 34.8 Å². The third-order valence-electron chi connectivity index (χ3n) is 5.03. The Morgan fingerprint density at radius 1 is 1.18 bits per heavy atom. The first-order valence-electron chi connectivity index (χ1n) is 10.1. The standard InChI is InChI=1S/C22H34N2O4/c1-16(23-21(26)28-22(2,3)4)20(25)24-14-12-18(13-15-24)7-6-17-8-10-19(27-5)11-9-17/h8-11,16,18H,6-7,12-15H2,1-5H3,(H,23,26). The minimum absolute atomic E-state index is 0.0422. The number of alkyl carbamates (subject to hydrolysis) is 1. The van der Waals surface area contributed by atoms with Crippen LogP contribution in [0.1, 0.15) is 52.5 Å². The molecule has 0 spiro atoms. The van der Waals surface area contributed by atoms with Crippen molar-refractivity contribution < 1.29 is 19.1 Å². The van der Waals surface area contributed by atoms with Crippen LogP contribution in [-0.4, -0.2) is 48.7 Å². The summed E-state index contributed by atoms with van der Waals surface area (Å²) < 4.78 is 10.4. The number of amides is 2. The molecule has 0 aromatic heterocycles. The van der Waals surface area contributed by atoms with E-state index >= 15 is 0 Å². The molecule has 1 aromatic carbocycles. The lowest BCUT2D eigenvalue weighted by molar-refractivity contribution is -0.134. The van der Waals surface area contributed by atoms with E-state index in [0.717, 1.165) is 44.5 Å². The molecule has 1 aromatic rings. The van der Waals surface area contributed by atoms with Crippen molar-refractivity contribution >= 4 is 12.0 Å². The topological polar surface area (TPSA) is 67.9 Å². The summed E-state index contributed by atoms with van der Waals surface area (Å²) in [5, 5.41) is 2.64. The highest BCUT2D eigenvalue weighted by atomic mass is 16.6. The first-order valence-corrected chi connectivity index (χ1v) is 10.1. The Balaban J connectivity index is 1.73. The summed E-state index contributed by atoms with van der Waals surface area (Å²) in [7, 11) is 1.67. The number of ether oxygens (including phenoxy) is 2. The van der Waals surface area contributed by atoms with Gasteiger partial charge in [0.2, 0.25) is 5.91 Å². The van der Waals surface area contributed by atoms with Crippen LogP contribution in [0.2, 0.25) is 0 Å². The van der Waals surface area contributed by atoms with Crippen LogP contribution in [0.4, 0.5) is 4.79 Å². The molecule has 2 amide bonds. The number of nitrogens with zero attached hydrogens (tertiary/aromatic N) is 1. The predicted octanol–water partition coefficient (Wildman–Crippen LogP) is 3.78. The molecule has 1 saturated heterocycles. The maximum absolute atomic E-state index is 12.6. The lowest BCUT2D eigenvalue weighted by Gasteiger charge is -2.34. The Morgan fingerprint density at radius 3 is 2.32 bits per heavy atom. The van der Waals surface area contributed by atoms with Crippen molar-refractivity contribution in [3.8, 4) is 5.75 Å². The summed E-state index contributed by atoms with van der Waals surface area (Å²) >= 11 is 0. The number of likely N-dealkylation sites (tertiary alicyclic amines) is 1. The molecule has 6 heteroatoms. The summed E-state index contributed by atoms with van der Waals surface area (Å²) in [5.74, 6) is 1.46. The van der Waals surface area contributed by atoms with Crippen molar-refractivity contribution in [2.75, 3.05) is 20.2 Å². The fraction of sp³-hybridized carbons (Fsp3) is 0.636. The van der Waals surface area contributed by atoms with E-state index in [0.29, 0.717) is 5.92 Å². The quantitative estimate of drug-likeness (QED) is 0.803. The molecule has 156 valence electrons. The van der Waals surface area contributed by atoms with Gasteiger partial charge in [0, 0.05) is 13.1 Å². The number of piperidine rings is 1. The molecule has 1 aliphatic rings. The number of aryl methyl sites for hydroxylation is 1. The van der Waals surface area contributed by atoms with E-state index in [1.165, 1.54) is 5.56 Å². The molecule has 0 bridgehead atoms. The molecule has 0 aliphatic carbocycles. The van der Waals surface area contributed by atoms with E-state index in [1.807, 2.05) is 17.0 Å². The Kier molecular flexibility index (Phi) is 7.72. The minimum atomic E-state index is -0.578. The van der Waals surface area contributed by atoms with Gasteiger partial charge in [-0.2, -0.15) is 0 Å². The first-order chi connectivity index (χ1) is 13.2. The van der Waals surface area contributed by atoms with Gasteiger partial charge in [0.1, 0.15) is 17.4 Å². The van der Waals surface area contributed by atoms with Crippen molar-refractivity contribution in [1.82, 2.24) is 10.2 Å². The highest BCUT2D eigenvalue weighted by Gasteiger charge is 2.28. The average molecular weight is 391 g/mol. The molecule has 0 radical (unpaired) electrons. The zero-order chi connectivity index (χ0) is 20.7. The summed E-state index contributed by atoms with van der Waals surface area (Å²) in [6.07, 6.45) is 3.62. The van der Waals surface area contributed by atoms with Gasteiger partial charge >= 0.3 is 6.09 Å². The number of hydrogen-bond donors (Lipinski definition) is 1. The van der Waals surface area contributed by atoms with Gasteiger partial charge < -0.3 is 19.7 Å². The molecule has 2 rings (SSSR count). The molecule has 1 N–H and O–H groups in total. The number of carbonyl (C=O) groups is 2. The van der Waals surface area contributed by atoms with Gasteiger partial charge in [0.05, 0.1) is 7.11 Å². The highest BCUT2D eigenvalue weighted by molar-refractivity contribution is 5.85. The lowest BCUT2D eigenvalue weighted by Crippen LogP contribution is -2.50. The Labute approximate surface area is 168 Å². The van der Waals surface area contributed by atoms with Crippen LogP contribution in [0.3, 0.4) is 0 Å². The van der Waals surface area contributed by atoms with Crippen LogP contribution in [0.5, 0.6) is 5.75 Å². The monoisotopic (exact) mass is 390 g/mol. The Bertz CT molecular complexity index is 643. The van der Waals surface area contributed by atoms with Crippen LogP contribution in [0.25, 0.3) is 0 Å². The third-order valence-corrected chi connectivity index (χ3v) is 5.03. The largest absolute Gasteiger partial charge is 0.497 e. The van der Waals surface area contributed by atoms with Crippen LogP contribution in [-0.2, 0) is 16.0 Å². The van der Waals surface area contributed by atoms with Gasteiger partial charge in [0.15, 0.2) is 0 Å². The van der Waals surface area contributed by atoms with Crippen LogP contribution in [0.15, 0.2) is 24.3 Å². The van der Waals surface area contributed by atoms with Crippen molar-refractivity contribution in [2.24, 2.45) is 5.92 Å². The highest BCUT2D eigenvalue weighted by Crippen LogP contribution is 2.23. The van der Waals surface area contributed by atoms with E-state index in [2.05, 4.69) is 17.4 Å². The van der Waals surface area contributed by atoms with Crippen molar-refractivity contribution in [3.05, 3.63) is 29.8 Å². The summed E-state index contributed by atoms with van der Waals surface area (Å²) in [6.45, 7) is 8.60. The van der Waals surface area contributed by atoms with E-state index in [4.69, 9.17) is 9.47 Å². The molecular formula is C22H34N2O4. The molecule has 1 fully saturated rings. The van der Waals surface area contributed by atoms with Gasteiger partial charge in [-0.1, -0.05) is 12.1 Å². The second-order valence-electron chi connectivity index (χ2n) is 8.52. The average Bonchev–Trinajstić information content (AvgIpc) is 2.65. The number of nitrogens with one attached hydrogen (secondary N) is 1. The fourth-order valence-corrected chi connectivity index (χ4v) is 3.42. The summed E-state index contributed by atoms with van der Waals surface area (Å²) in [4.78, 5) is 26.3. The number of benzene rings is 1. The second-order valence-corrected chi connectivity index (χ2v) is 8.52. The van der Waals surface area contributed by atoms with Crippen molar-refractivity contribution in [3.63, 3.8) is 0 Å². The molecule has 1 heterocycles. The van der Waals surface area contributed by atoms with Crippen molar-refractivity contribution in [2.45, 2.75) is 65.0 Å². The van der Waals surface area contributed by atoms with Gasteiger partial charge in [-0.15, -0.1) is 0 Å². The summed E-state index contributed by atoms with van der Waals surface area (Å²) in [5.41, 5.74) is 0.740. The maximum atomic E-state index is 12.6. The zero-order valence-electron chi connectivity index (χ0n) is 17.8. The molecular weight excluding hydrogens is 356 g/mol. The van der Waals surface area contributed by atoms with Crippen LogP contribution in [0, 0.1) is 5.92 Å². The fourth-order valence-electron chi connectivity index (χ4n) is 3.42. The van der Waals surface area contributed by atoms with Gasteiger partial charge in [-0.3, -0.25) is 4.79 Å². The molecule has 28 heavy (non-hydrogen) atoms. The number of methoxy groups -OCH3 is 1. The van der Waals surface area contributed by atoms with Crippen LogP contribution < -0.4 is 10.1 Å². The Hall–Kier alpha value is -2.24.